The van der Waals surface area contributed by atoms with Crippen molar-refractivity contribution in [1.82, 2.24) is 10.3 Å². The van der Waals surface area contributed by atoms with Gasteiger partial charge in [0, 0.05) is 34.1 Å². The van der Waals surface area contributed by atoms with Crippen LogP contribution >= 0.6 is 11.6 Å². The summed E-state index contributed by atoms with van der Waals surface area (Å²) in [5.74, 6) is -0.932. The van der Waals surface area contributed by atoms with Crippen LogP contribution in [0.2, 0.25) is 5.02 Å². The number of hydrogen-bond donors (Lipinski definition) is 2. The largest absolute Gasteiger partial charge is 0.361 e. The second-order valence-corrected chi connectivity index (χ2v) is 6.88. The molecule has 0 radical (unpaired) electrons. The third-order valence-corrected chi connectivity index (χ3v) is 4.42. The smallest absolute Gasteiger partial charge is 0.254 e. The lowest BCUT2D eigenvalue weighted by Gasteiger charge is -2.25. The molecule has 24 heavy (non-hydrogen) atoms. The van der Waals surface area contributed by atoms with E-state index in [2.05, 4.69) is 10.3 Å². The van der Waals surface area contributed by atoms with E-state index in [9.17, 15) is 9.18 Å². The molecule has 0 atom stereocenters. The molecule has 1 heterocycles. The van der Waals surface area contributed by atoms with Crippen LogP contribution in [0, 0.1) is 5.82 Å². The highest BCUT2D eigenvalue weighted by atomic mass is 35.5. The third-order valence-electron chi connectivity index (χ3n) is 4.18. The maximum Gasteiger partial charge on any atom is 0.254 e. The highest BCUT2D eigenvalue weighted by Gasteiger charge is 2.25. The zero-order valence-electron chi connectivity index (χ0n) is 13.5. The number of aromatic nitrogens is 1. The molecule has 0 bridgehead atoms. The molecule has 5 heteroatoms. The molecular formula is C19H18ClFN2O. The van der Waals surface area contributed by atoms with E-state index in [4.69, 9.17) is 11.6 Å². The maximum atomic E-state index is 13.7. The lowest BCUT2D eigenvalue weighted by molar-refractivity contribution is 0.0941. The lowest BCUT2D eigenvalue weighted by atomic mass is 9.84. The van der Waals surface area contributed by atoms with Gasteiger partial charge in [-0.25, -0.2) is 4.39 Å². The van der Waals surface area contributed by atoms with Gasteiger partial charge in [-0.15, -0.1) is 0 Å². The van der Waals surface area contributed by atoms with Crippen molar-refractivity contribution in [3.05, 3.63) is 70.6 Å². The van der Waals surface area contributed by atoms with Crippen LogP contribution < -0.4 is 5.32 Å². The van der Waals surface area contributed by atoms with Gasteiger partial charge in [0.2, 0.25) is 0 Å². The summed E-state index contributed by atoms with van der Waals surface area (Å²) >= 11 is 6.02. The number of amides is 1. The molecule has 0 aliphatic heterocycles. The van der Waals surface area contributed by atoms with Crippen molar-refractivity contribution in [2.75, 3.05) is 6.54 Å². The topological polar surface area (TPSA) is 44.9 Å². The van der Waals surface area contributed by atoms with Gasteiger partial charge in [-0.1, -0.05) is 43.6 Å². The van der Waals surface area contributed by atoms with Crippen molar-refractivity contribution >= 4 is 28.4 Å². The van der Waals surface area contributed by atoms with E-state index in [1.165, 1.54) is 12.1 Å². The van der Waals surface area contributed by atoms with Gasteiger partial charge in [0.25, 0.3) is 5.91 Å². The summed E-state index contributed by atoms with van der Waals surface area (Å²) in [6.07, 6.45) is 1.93. The molecule has 0 spiro atoms. The first-order chi connectivity index (χ1) is 11.4. The van der Waals surface area contributed by atoms with Crippen LogP contribution in [-0.2, 0) is 5.41 Å². The van der Waals surface area contributed by atoms with Gasteiger partial charge in [0.1, 0.15) is 5.82 Å². The quantitative estimate of drug-likeness (QED) is 0.710. The zero-order valence-corrected chi connectivity index (χ0v) is 14.2. The minimum atomic E-state index is -0.519. The standard InChI is InChI=1S/C19H18ClFN2O/c1-19(2,11-23-18(24)14-5-3-4-6-16(14)21)15-10-22-17-9-12(20)7-8-13(15)17/h3-10,22H,11H2,1-2H3,(H,23,24). The predicted octanol–water partition coefficient (Wildman–Crippen LogP) is 4.67. The molecular weight excluding hydrogens is 327 g/mol. The van der Waals surface area contributed by atoms with E-state index in [1.54, 1.807) is 12.1 Å². The molecule has 0 fully saturated rings. The molecule has 0 unspecified atom stereocenters. The van der Waals surface area contributed by atoms with Gasteiger partial charge in [-0.3, -0.25) is 4.79 Å². The van der Waals surface area contributed by atoms with Gasteiger partial charge >= 0.3 is 0 Å². The molecule has 2 N–H and O–H groups in total. The maximum absolute atomic E-state index is 13.7. The first-order valence-electron chi connectivity index (χ1n) is 7.68. The Bertz CT molecular complexity index is 901. The van der Waals surface area contributed by atoms with Crippen LogP contribution in [0.4, 0.5) is 4.39 Å². The Morgan fingerprint density at radius 2 is 2.00 bits per heavy atom. The number of carbonyl (C=O) groups is 1. The highest BCUT2D eigenvalue weighted by Crippen LogP contribution is 2.31. The van der Waals surface area contributed by atoms with Crippen molar-refractivity contribution in [2.24, 2.45) is 0 Å². The van der Waals surface area contributed by atoms with Crippen molar-refractivity contribution in [3.8, 4) is 0 Å². The Labute approximate surface area is 144 Å². The molecule has 3 aromatic rings. The van der Waals surface area contributed by atoms with E-state index in [0.717, 1.165) is 16.5 Å². The van der Waals surface area contributed by atoms with Crippen LogP contribution in [0.15, 0.2) is 48.7 Å². The Morgan fingerprint density at radius 3 is 2.75 bits per heavy atom. The number of fused-ring (bicyclic) bond motifs is 1. The summed E-state index contributed by atoms with van der Waals surface area (Å²) in [5.41, 5.74) is 1.75. The number of aromatic amines is 1. The van der Waals surface area contributed by atoms with Crippen molar-refractivity contribution in [2.45, 2.75) is 19.3 Å². The van der Waals surface area contributed by atoms with Gasteiger partial charge < -0.3 is 10.3 Å². The second-order valence-electron chi connectivity index (χ2n) is 6.44. The molecule has 1 aromatic heterocycles. The average molecular weight is 345 g/mol. The number of benzene rings is 2. The van der Waals surface area contributed by atoms with E-state index >= 15 is 0 Å². The lowest BCUT2D eigenvalue weighted by Crippen LogP contribution is -2.36. The molecule has 124 valence electrons. The minimum absolute atomic E-state index is 0.0546. The first-order valence-corrected chi connectivity index (χ1v) is 8.06. The van der Waals surface area contributed by atoms with Crippen LogP contribution in [0.25, 0.3) is 10.9 Å². The highest BCUT2D eigenvalue weighted by molar-refractivity contribution is 6.31. The first kappa shape index (κ1) is 16.5. The number of H-pyrrole nitrogens is 1. The van der Waals surface area contributed by atoms with Gasteiger partial charge in [-0.05, 0) is 29.8 Å². The molecule has 3 rings (SSSR count). The number of rotatable bonds is 4. The Hall–Kier alpha value is -2.33. The summed E-state index contributed by atoms with van der Waals surface area (Å²) in [5, 5.41) is 4.55. The van der Waals surface area contributed by atoms with Crippen LogP contribution in [0.5, 0.6) is 0 Å². The zero-order chi connectivity index (χ0) is 17.3. The summed E-state index contributed by atoms with van der Waals surface area (Å²) in [4.78, 5) is 15.4. The molecule has 0 saturated heterocycles. The van der Waals surface area contributed by atoms with E-state index in [1.807, 2.05) is 38.2 Å². The van der Waals surface area contributed by atoms with E-state index < -0.39 is 11.7 Å². The summed E-state index contributed by atoms with van der Waals surface area (Å²) in [7, 11) is 0. The van der Waals surface area contributed by atoms with Gasteiger partial charge in [0.05, 0.1) is 5.56 Å². The fraction of sp³-hybridized carbons (Fsp3) is 0.211. The molecule has 1 amide bonds. The van der Waals surface area contributed by atoms with Gasteiger partial charge in [0.15, 0.2) is 0 Å². The number of nitrogens with one attached hydrogen (secondary N) is 2. The normalized spacial score (nSPS) is 11.7. The number of carbonyl (C=O) groups excluding carboxylic acids is 1. The SMILES string of the molecule is CC(C)(CNC(=O)c1ccccc1F)c1c[nH]c2cc(Cl)ccc12. The second kappa shape index (κ2) is 6.29. The van der Waals surface area contributed by atoms with Crippen molar-refractivity contribution < 1.29 is 9.18 Å². The van der Waals surface area contributed by atoms with Gasteiger partial charge in [-0.2, -0.15) is 0 Å². The Kier molecular flexibility index (Phi) is 4.33. The molecule has 3 nitrogen and oxygen atoms in total. The fourth-order valence-electron chi connectivity index (χ4n) is 2.80. The van der Waals surface area contributed by atoms with Crippen LogP contribution in [0.1, 0.15) is 29.8 Å². The summed E-state index contributed by atoms with van der Waals surface area (Å²) < 4.78 is 13.7. The summed E-state index contributed by atoms with van der Waals surface area (Å²) in [6.45, 7) is 4.45. The molecule has 2 aromatic carbocycles. The van der Waals surface area contributed by atoms with E-state index in [0.29, 0.717) is 11.6 Å². The fourth-order valence-corrected chi connectivity index (χ4v) is 2.97. The Morgan fingerprint density at radius 1 is 1.25 bits per heavy atom. The number of hydrogen-bond acceptors (Lipinski definition) is 1. The summed E-state index contributed by atoms with van der Waals surface area (Å²) in [6, 6.07) is 11.6. The van der Waals surface area contributed by atoms with E-state index in [-0.39, 0.29) is 11.0 Å². The Balaban J connectivity index is 1.80. The third kappa shape index (κ3) is 3.15. The van der Waals surface area contributed by atoms with Crippen LogP contribution in [0.3, 0.4) is 0 Å². The number of halogens is 2. The van der Waals surface area contributed by atoms with Crippen LogP contribution in [-0.4, -0.2) is 17.4 Å². The average Bonchev–Trinajstić information content (AvgIpc) is 2.97. The minimum Gasteiger partial charge on any atom is -0.361 e. The monoisotopic (exact) mass is 344 g/mol. The van der Waals surface area contributed by atoms with Crippen molar-refractivity contribution in [1.29, 1.82) is 0 Å². The molecule has 0 aliphatic carbocycles. The predicted molar refractivity (Wildman–Crippen MR) is 95.1 cm³/mol. The molecule has 0 aliphatic rings. The van der Waals surface area contributed by atoms with Crippen molar-refractivity contribution in [3.63, 3.8) is 0 Å². The molecule has 0 saturated carbocycles.